The van der Waals surface area contributed by atoms with Crippen molar-refractivity contribution in [3.8, 4) is 39.1 Å². The van der Waals surface area contributed by atoms with Gasteiger partial charge >= 0.3 is 0 Å². The van der Waals surface area contributed by atoms with Crippen molar-refractivity contribution >= 4 is 55.9 Å². The Morgan fingerprint density at radius 1 is 0.318 bits per heavy atom. The van der Waals surface area contributed by atoms with Crippen LogP contribution in [0.2, 0.25) is 0 Å². The summed E-state index contributed by atoms with van der Waals surface area (Å²) in [5, 5.41) is 2.50. The highest BCUT2D eigenvalue weighted by Crippen LogP contribution is 2.52. The van der Waals surface area contributed by atoms with E-state index in [0.717, 1.165) is 22.7 Å². The maximum Gasteiger partial charge on any atom is 0.0541 e. The van der Waals surface area contributed by atoms with Crippen molar-refractivity contribution in [3.05, 3.63) is 260 Å². The van der Waals surface area contributed by atoms with Crippen LogP contribution in [0.3, 0.4) is 0 Å². The van der Waals surface area contributed by atoms with Crippen molar-refractivity contribution < 1.29 is 0 Å². The minimum atomic E-state index is -0.152. The molecule has 0 fully saturated rings. The van der Waals surface area contributed by atoms with E-state index < -0.39 is 0 Å². The van der Waals surface area contributed by atoms with Crippen molar-refractivity contribution in [2.75, 3.05) is 9.80 Å². The summed E-state index contributed by atoms with van der Waals surface area (Å²) in [6.45, 7) is 4.69. The molecule has 1 aromatic heterocycles. The lowest BCUT2D eigenvalue weighted by molar-refractivity contribution is 0.632. The molecule has 0 atom stereocenters. The minimum Gasteiger partial charge on any atom is -0.311 e. The molecule has 314 valence electrons. The van der Waals surface area contributed by atoms with E-state index in [-0.39, 0.29) is 5.41 Å². The van der Waals surface area contributed by atoms with Gasteiger partial charge in [-0.05, 0) is 136 Å². The molecule has 0 unspecified atom stereocenters. The van der Waals surface area contributed by atoms with Gasteiger partial charge in [0.2, 0.25) is 0 Å². The van der Waals surface area contributed by atoms with E-state index in [0.29, 0.717) is 0 Å². The van der Waals surface area contributed by atoms with Crippen LogP contribution >= 0.6 is 0 Å². The first kappa shape index (κ1) is 39.2. The Hall–Kier alpha value is -8.40. The SMILES string of the molecule is CC1(C)c2ccccc2N(c2ccccc2)c2cc(-c3ccc(N(c4ccc(-c5ccccc5)cc4)c4ccc(-c5ccc6c(c5)c5ccccc5n6-c5ccccc5)cc4)cc3)ccc21. The Morgan fingerprint density at radius 3 is 1.39 bits per heavy atom. The van der Waals surface area contributed by atoms with Crippen LogP contribution in [0.5, 0.6) is 0 Å². The molecule has 0 aliphatic carbocycles. The summed E-state index contributed by atoms with van der Waals surface area (Å²) in [5.74, 6) is 0. The molecule has 0 N–H and O–H groups in total. The summed E-state index contributed by atoms with van der Waals surface area (Å²) < 4.78 is 2.37. The number of nitrogens with zero attached hydrogens (tertiary/aromatic N) is 3. The third kappa shape index (κ3) is 6.67. The molecule has 3 heteroatoms. The van der Waals surface area contributed by atoms with Crippen LogP contribution in [0.4, 0.5) is 34.1 Å². The third-order valence-electron chi connectivity index (χ3n) is 13.6. The van der Waals surface area contributed by atoms with Gasteiger partial charge in [0.05, 0.1) is 22.4 Å². The van der Waals surface area contributed by atoms with Crippen molar-refractivity contribution in [3.63, 3.8) is 0 Å². The zero-order chi connectivity index (χ0) is 44.2. The van der Waals surface area contributed by atoms with Gasteiger partial charge in [-0.1, -0.05) is 172 Å². The summed E-state index contributed by atoms with van der Waals surface area (Å²) >= 11 is 0. The van der Waals surface area contributed by atoms with Crippen LogP contribution in [-0.4, -0.2) is 4.57 Å². The van der Waals surface area contributed by atoms with Crippen LogP contribution in [0, 0.1) is 0 Å². The molecule has 0 amide bonds. The van der Waals surface area contributed by atoms with Gasteiger partial charge in [0.15, 0.2) is 0 Å². The topological polar surface area (TPSA) is 11.4 Å². The average molecular weight is 846 g/mol. The fraction of sp³-hybridized carbons (Fsp3) is 0.0476. The summed E-state index contributed by atoms with van der Waals surface area (Å²) in [6, 6.07) is 90.5. The first-order chi connectivity index (χ1) is 32.5. The molecule has 3 nitrogen and oxygen atoms in total. The van der Waals surface area contributed by atoms with Crippen molar-refractivity contribution in [2.45, 2.75) is 19.3 Å². The van der Waals surface area contributed by atoms with E-state index in [4.69, 9.17) is 0 Å². The second-order valence-electron chi connectivity index (χ2n) is 17.8. The molecule has 12 rings (SSSR count). The number of hydrogen-bond acceptors (Lipinski definition) is 2. The summed E-state index contributed by atoms with van der Waals surface area (Å²) in [6.07, 6.45) is 0. The normalized spacial score (nSPS) is 12.8. The van der Waals surface area contributed by atoms with Gasteiger partial charge < -0.3 is 14.4 Å². The molecule has 0 saturated carbocycles. The summed E-state index contributed by atoms with van der Waals surface area (Å²) in [4.78, 5) is 4.79. The van der Waals surface area contributed by atoms with E-state index in [2.05, 4.69) is 277 Å². The van der Waals surface area contributed by atoms with Crippen LogP contribution < -0.4 is 9.80 Å². The maximum absolute atomic E-state index is 2.43. The highest BCUT2D eigenvalue weighted by molar-refractivity contribution is 6.10. The van der Waals surface area contributed by atoms with E-state index in [1.54, 1.807) is 0 Å². The van der Waals surface area contributed by atoms with Gasteiger partial charge in [-0.2, -0.15) is 0 Å². The number of hydrogen-bond donors (Lipinski definition) is 0. The Bertz CT molecular complexity index is 3520. The fourth-order valence-electron chi connectivity index (χ4n) is 10.2. The quantitative estimate of drug-likeness (QED) is 0.151. The maximum atomic E-state index is 2.43. The van der Waals surface area contributed by atoms with Gasteiger partial charge in [-0.15, -0.1) is 0 Å². The lowest BCUT2D eigenvalue weighted by Gasteiger charge is -2.42. The van der Waals surface area contributed by atoms with Crippen LogP contribution in [0.1, 0.15) is 25.0 Å². The number of anilines is 6. The monoisotopic (exact) mass is 845 g/mol. The Labute approximate surface area is 386 Å². The largest absolute Gasteiger partial charge is 0.311 e. The molecule has 1 aliphatic heterocycles. The Morgan fingerprint density at radius 2 is 0.758 bits per heavy atom. The lowest BCUT2D eigenvalue weighted by atomic mass is 9.73. The van der Waals surface area contributed by atoms with Crippen molar-refractivity contribution in [2.24, 2.45) is 0 Å². The molecule has 0 bridgehead atoms. The first-order valence-corrected chi connectivity index (χ1v) is 22.8. The molecule has 1 aliphatic rings. The third-order valence-corrected chi connectivity index (χ3v) is 13.6. The zero-order valence-electron chi connectivity index (χ0n) is 37.0. The zero-order valence-corrected chi connectivity index (χ0v) is 37.0. The lowest BCUT2D eigenvalue weighted by Crippen LogP contribution is -2.30. The molecular formula is C63H47N3. The molecule has 66 heavy (non-hydrogen) atoms. The molecule has 10 aromatic carbocycles. The first-order valence-electron chi connectivity index (χ1n) is 22.8. The molecule has 0 spiro atoms. The van der Waals surface area contributed by atoms with Gasteiger partial charge in [0.1, 0.15) is 0 Å². The molecule has 2 heterocycles. The number of para-hydroxylation sites is 4. The van der Waals surface area contributed by atoms with Crippen molar-refractivity contribution in [1.82, 2.24) is 4.57 Å². The van der Waals surface area contributed by atoms with Crippen LogP contribution in [0.15, 0.2) is 249 Å². The number of benzene rings is 10. The van der Waals surface area contributed by atoms with E-state index in [1.165, 1.54) is 83.4 Å². The van der Waals surface area contributed by atoms with Gasteiger partial charge in [0, 0.05) is 44.6 Å². The Balaban J connectivity index is 0.918. The predicted octanol–water partition coefficient (Wildman–Crippen LogP) is 17.4. The Kier molecular flexibility index (Phi) is 9.50. The molecule has 0 radical (unpaired) electrons. The fourth-order valence-corrected chi connectivity index (χ4v) is 10.2. The smallest absolute Gasteiger partial charge is 0.0541 e. The number of rotatable bonds is 8. The van der Waals surface area contributed by atoms with Crippen LogP contribution in [-0.2, 0) is 5.41 Å². The van der Waals surface area contributed by atoms with Gasteiger partial charge in [0.25, 0.3) is 0 Å². The van der Waals surface area contributed by atoms with Gasteiger partial charge in [-0.25, -0.2) is 0 Å². The number of fused-ring (bicyclic) bond motifs is 5. The summed E-state index contributed by atoms with van der Waals surface area (Å²) in [5.41, 5.74) is 20.1. The van der Waals surface area contributed by atoms with Gasteiger partial charge in [-0.3, -0.25) is 0 Å². The van der Waals surface area contributed by atoms with E-state index >= 15 is 0 Å². The standard InChI is InChI=1S/C63H47N3/c1-63(2)57-23-13-15-25-61(57)66(51-20-10-5-11-21-51)62-43-49(32-40-58(62)63)47-30-38-54(39-31-47)64(52-34-26-45(27-35-52)44-16-6-3-7-17-44)53-36-28-46(29-37-53)48-33-41-60-56(42-48)55-22-12-14-24-59(55)65(60)50-18-8-4-9-19-50/h3-43H,1-2H3. The highest BCUT2D eigenvalue weighted by Gasteiger charge is 2.37. The summed E-state index contributed by atoms with van der Waals surface area (Å²) in [7, 11) is 0. The van der Waals surface area contributed by atoms with E-state index in [9.17, 15) is 0 Å². The second-order valence-corrected chi connectivity index (χ2v) is 17.8. The number of aromatic nitrogens is 1. The highest BCUT2D eigenvalue weighted by atomic mass is 15.2. The average Bonchev–Trinajstić information content (AvgIpc) is 3.72. The van der Waals surface area contributed by atoms with Crippen LogP contribution in [0.25, 0.3) is 60.9 Å². The minimum absolute atomic E-state index is 0.152. The second kappa shape index (κ2) is 16.0. The molecular weight excluding hydrogens is 799 g/mol. The van der Waals surface area contributed by atoms with E-state index in [1.807, 2.05) is 0 Å². The predicted molar refractivity (Wildman–Crippen MR) is 279 cm³/mol. The van der Waals surface area contributed by atoms with Crippen molar-refractivity contribution in [1.29, 1.82) is 0 Å². The molecule has 0 saturated heterocycles. The molecule has 11 aromatic rings.